The molecule has 0 heterocycles. The van der Waals surface area contributed by atoms with Crippen molar-refractivity contribution in [2.75, 3.05) is 19.0 Å². The maximum atomic E-state index is 12.7. The lowest BCUT2D eigenvalue weighted by Crippen LogP contribution is -2.45. The van der Waals surface area contributed by atoms with Gasteiger partial charge in [-0.1, -0.05) is 15.9 Å². The number of ether oxygens (including phenoxy) is 1. The van der Waals surface area contributed by atoms with Gasteiger partial charge in [0.15, 0.2) is 0 Å². The Kier molecular flexibility index (Phi) is 5.28. The minimum Gasteiger partial charge on any atom is -0.497 e. The van der Waals surface area contributed by atoms with Gasteiger partial charge in [0.25, 0.3) is 5.91 Å². The molecule has 0 radical (unpaired) electrons. The Morgan fingerprint density at radius 3 is 2.74 bits per heavy atom. The van der Waals surface area contributed by atoms with E-state index in [2.05, 4.69) is 31.9 Å². The van der Waals surface area contributed by atoms with Crippen LogP contribution in [-0.2, 0) is 0 Å². The lowest BCUT2D eigenvalue weighted by Gasteiger charge is -2.37. The van der Waals surface area contributed by atoms with Crippen molar-refractivity contribution in [2.45, 2.75) is 25.3 Å². The third-order valence-electron chi connectivity index (χ3n) is 3.51. The molecule has 3 nitrogen and oxygen atoms in total. The minimum absolute atomic E-state index is 0.0786. The summed E-state index contributed by atoms with van der Waals surface area (Å²) in [5, 5.41) is 0.802. The Bertz CT molecular complexity index is 461. The van der Waals surface area contributed by atoms with Gasteiger partial charge in [0.05, 0.1) is 12.7 Å². The van der Waals surface area contributed by atoms with Crippen LogP contribution in [0.15, 0.2) is 22.7 Å². The van der Waals surface area contributed by atoms with Crippen molar-refractivity contribution in [1.29, 1.82) is 0 Å². The molecule has 1 saturated carbocycles. The zero-order valence-corrected chi connectivity index (χ0v) is 14.0. The van der Waals surface area contributed by atoms with E-state index >= 15 is 0 Å². The Hall–Kier alpha value is -0.550. The quantitative estimate of drug-likeness (QED) is 0.714. The van der Waals surface area contributed by atoms with E-state index in [0.29, 0.717) is 17.4 Å². The van der Waals surface area contributed by atoms with Crippen LogP contribution < -0.4 is 4.74 Å². The summed E-state index contributed by atoms with van der Waals surface area (Å²) in [5.74, 6) is 0.786. The van der Waals surface area contributed by atoms with Crippen LogP contribution in [0.3, 0.4) is 0 Å². The second kappa shape index (κ2) is 6.75. The highest BCUT2D eigenvalue weighted by Crippen LogP contribution is 2.29. The van der Waals surface area contributed by atoms with Crippen LogP contribution in [0.1, 0.15) is 29.6 Å². The number of hydrogen-bond acceptors (Lipinski definition) is 2. The maximum Gasteiger partial charge on any atom is 0.255 e. The second-order valence-corrected chi connectivity index (χ2v) is 6.27. The summed E-state index contributed by atoms with van der Waals surface area (Å²) in [6.45, 7) is 0.743. The molecular weight excluding hydrogens is 374 g/mol. The molecule has 0 unspecified atom stereocenters. The monoisotopic (exact) mass is 389 g/mol. The predicted octanol–water partition coefficient (Wildman–Crippen LogP) is 3.85. The van der Waals surface area contributed by atoms with Crippen molar-refractivity contribution < 1.29 is 9.53 Å². The van der Waals surface area contributed by atoms with Crippen molar-refractivity contribution in [1.82, 2.24) is 4.90 Å². The number of nitrogens with zero attached hydrogens (tertiary/aromatic N) is 1. The number of carbonyl (C=O) groups is 1. The van der Waals surface area contributed by atoms with E-state index in [1.54, 1.807) is 13.2 Å². The smallest absolute Gasteiger partial charge is 0.255 e. The third-order valence-corrected chi connectivity index (χ3v) is 4.55. The van der Waals surface area contributed by atoms with E-state index in [0.717, 1.165) is 29.2 Å². The summed E-state index contributed by atoms with van der Waals surface area (Å²) >= 11 is 6.88. The van der Waals surface area contributed by atoms with Crippen molar-refractivity contribution >= 4 is 37.8 Å². The first kappa shape index (κ1) is 14.9. The molecule has 5 heteroatoms. The lowest BCUT2D eigenvalue weighted by molar-refractivity contribution is 0.0598. The molecule has 1 aliphatic rings. The lowest BCUT2D eigenvalue weighted by atomic mass is 9.91. The van der Waals surface area contributed by atoms with Crippen LogP contribution in [-0.4, -0.2) is 35.8 Å². The summed E-state index contributed by atoms with van der Waals surface area (Å²) < 4.78 is 6.02. The Morgan fingerprint density at radius 1 is 1.47 bits per heavy atom. The van der Waals surface area contributed by atoms with E-state index in [1.807, 2.05) is 17.0 Å². The van der Waals surface area contributed by atoms with E-state index in [9.17, 15) is 4.79 Å². The Labute approximate surface area is 130 Å². The van der Waals surface area contributed by atoms with Gasteiger partial charge in [-0.25, -0.2) is 0 Å². The summed E-state index contributed by atoms with van der Waals surface area (Å²) in [6, 6.07) is 5.90. The van der Waals surface area contributed by atoms with Crippen molar-refractivity contribution in [2.24, 2.45) is 0 Å². The zero-order chi connectivity index (χ0) is 13.8. The Morgan fingerprint density at radius 2 is 2.21 bits per heavy atom. The molecule has 1 fully saturated rings. The van der Waals surface area contributed by atoms with Crippen LogP contribution in [0.25, 0.3) is 0 Å². The first-order valence-electron chi connectivity index (χ1n) is 6.38. The topological polar surface area (TPSA) is 29.5 Å². The predicted molar refractivity (Wildman–Crippen MR) is 83.2 cm³/mol. The summed E-state index contributed by atoms with van der Waals surface area (Å²) in [6.07, 6.45) is 3.44. The largest absolute Gasteiger partial charge is 0.497 e. The summed E-state index contributed by atoms with van der Waals surface area (Å²) in [7, 11) is 1.61. The number of benzene rings is 1. The number of methoxy groups -OCH3 is 1. The first-order chi connectivity index (χ1) is 9.17. The molecule has 0 N–H and O–H groups in total. The van der Waals surface area contributed by atoms with Gasteiger partial charge in [0.1, 0.15) is 5.75 Å². The van der Waals surface area contributed by atoms with Gasteiger partial charge in [0, 0.05) is 22.4 Å². The van der Waals surface area contributed by atoms with Crippen LogP contribution in [0.5, 0.6) is 5.75 Å². The minimum atomic E-state index is 0.0786. The molecule has 1 aliphatic carbocycles. The van der Waals surface area contributed by atoms with Gasteiger partial charge in [-0.15, -0.1) is 0 Å². The molecule has 0 spiro atoms. The van der Waals surface area contributed by atoms with Gasteiger partial charge in [0.2, 0.25) is 0 Å². The second-order valence-electron chi connectivity index (χ2n) is 4.62. The average molecular weight is 391 g/mol. The standard InChI is InChI=1S/C14H17Br2NO2/c1-19-11-5-6-13(16)12(9-11)14(18)17(8-7-15)10-3-2-4-10/h5-6,9-10H,2-4,7-8H2,1H3. The highest BCUT2D eigenvalue weighted by atomic mass is 79.9. The molecule has 2 rings (SSSR count). The van der Waals surface area contributed by atoms with E-state index in [-0.39, 0.29) is 5.91 Å². The molecule has 1 aromatic rings. The van der Waals surface area contributed by atoms with E-state index in [1.165, 1.54) is 6.42 Å². The van der Waals surface area contributed by atoms with E-state index < -0.39 is 0 Å². The van der Waals surface area contributed by atoms with Crippen molar-refractivity contribution in [3.05, 3.63) is 28.2 Å². The Balaban J connectivity index is 2.24. The molecule has 19 heavy (non-hydrogen) atoms. The van der Waals surface area contributed by atoms with Gasteiger partial charge >= 0.3 is 0 Å². The molecule has 0 atom stereocenters. The zero-order valence-electron chi connectivity index (χ0n) is 10.9. The molecule has 0 bridgehead atoms. The van der Waals surface area contributed by atoms with Gasteiger partial charge in [-0.3, -0.25) is 4.79 Å². The van der Waals surface area contributed by atoms with Gasteiger partial charge < -0.3 is 9.64 Å². The van der Waals surface area contributed by atoms with Gasteiger partial charge in [-0.05, 0) is 53.4 Å². The summed E-state index contributed by atoms with van der Waals surface area (Å²) in [4.78, 5) is 14.6. The van der Waals surface area contributed by atoms with Crippen LogP contribution >= 0.6 is 31.9 Å². The number of amides is 1. The van der Waals surface area contributed by atoms with Crippen molar-refractivity contribution in [3.63, 3.8) is 0 Å². The van der Waals surface area contributed by atoms with E-state index in [4.69, 9.17) is 4.74 Å². The number of alkyl halides is 1. The third kappa shape index (κ3) is 3.31. The molecule has 0 aliphatic heterocycles. The fraction of sp³-hybridized carbons (Fsp3) is 0.500. The van der Waals surface area contributed by atoms with Gasteiger partial charge in [-0.2, -0.15) is 0 Å². The SMILES string of the molecule is COc1ccc(Br)c(C(=O)N(CCBr)C2CCC2)c1. The van der Waals surface area contributed by atoms with Crippen LogP contribution in [0.2, 0.25) is 0 Å². The normalized spacial score (nSPS) is 14.9. The number of carbonyl (C=O) groups excluding carboxylic acids is 1. The van der Waals surface area contributed by atoms with Crippen molar-refractivity contribution in [3.8, 4) is 5.75 Å². The average Bonchev–Trinajstić information content (AvgIpc) is 2.36. The molecule has 0 saturated heterocycles. The molecule has 0 aromatic heterocycles. The number of halogens is 2. The highest BCUT2D eigenvalue weighted by molar-refractivity contribution is 9.10. The molecule has 104 valence electrons. The maximum absolute atomic E-state index is 12.7. The first-order valence-corrected chi connectivity index (χ1v) is 8.29. The number of rotatable bonds is 5. The van der Waals surface area contributed by atoms with Crippen LogP contribution in [0, 0.1) is 0 Å². The fourth-order valence-electron chi connectivity index (χ4n) is 2.19. The molecule has 1 aromatic carbocycles. The highest BCUT2D eigenvalue weighted by Gasteiger charge is 2.29. The van der Waals surface area contributed by atoms with Crippen LogP contribution in [0.4, 0.5) is 0 Å². The molecule has 1 amide bonds. The fourth-order valence-corrected chi connectivity index (χ4v) is 2.99. The molecular formula is C14H17Br2NO2. The summed E-state index contributed by atoms with van der Waals surface area (Å²) in [5.41, 5.74) is 0.673. The number of hydrogen-bond donors (Lipinski definition) is 0.